The van der Waals surface area contributed by atoms with E-state index in [-0.39, 0.29) is 5.91 Å². The molecule has 0 unspecified atom stereocenters. The summed E-state index contributed by atoms with van der Waals surface area (Å²) in [6.07, 6.45) is 0. The Balaban J connectivity index is 1.53. The van der Waals surface area contributed by atoms with Gasteiger partial charge in [0.15, 0.2) is 0 Å². The third kappa shape index (κ3) is 3.47. The van der Waals surface area contributed by atoms with Gasteiger partial charge in [0, 0.05) is 31.9 Å². The summed E-state index contributed by atoms with van der Waals surface area (Å²) in [5.74, 6) is 0.682. The molecule has 1 heterocycles. The van der Waals surface area contributed by atoms with Crippen molar-refractivity contribution in [3.8, 4) is 5.75 Å². The monoisotopic (exact) mass is 360 g/mol. The van der Waals surface area contributed by atoms with Gasteiger partial charge in [0.25, 0.3) is 5.91 Å². The summed E-state index contributed by atoms with van der Waals surface area (Å²) in [5.41, 5.74) is 3.12. The van der Waals surface area contributed by atoms with Gasteiger partial charge in [0.1, 0.15) is 5.75 Å². The summed E-state index contributed by atoms with van der Waals surface area (Å²) in [4.78, 5) is 17.4. The standard InChI is InChI=1S/C23H24N2O2/c1-17-6-5-9-20(14-17)24-10-12-25(13-11-24)23(26)21-15-18-7-3-4-8-19(18)16-22(21)27-2/h3-9,14-16H,10-13H2,1-2H3. The number of methoxy groups -OCH3 is 1. The molecule has 4 rings (SSSR count). The van der Waals surface area contributed by atoms with E-state index >= 15 is 0 Å². The Labute approximate surface area is 160 Å². The van der Waals surface area contributed by atoms with Crippen LogP contribution in [0.15, 0.2) is 60.7 Å². The molecule has 138 valence electrons. The quantitative estimate of drug-likeness (QED) is 0.704. The van der Waals surface area contributed by atoms with Crippen LogP contribution in [0.5, 0.6) is 5.75 Å². The normalized spacial score (nSPS) is 14.4. The van der Waals surface area contributed by atoms with Gasteiger partial charge in [-0.1, -0.05) is 36.4 Å². The molecule has 1 saturated heterocycles. The average molecular weight is 360 g/mol. The van der Waals surface area contributed by atoms with Crippen molar-refractivity contribution in [1.29, 1.82) is 0 Å². The number of hydrogen-bond acceptors (Lipinski definition) is 3. The molecule has 0 N–H and O–H groups in total. The molecule has 1 aliphatic heterocycles. The predicted octanol–water partition coefficient (Wildman–Crippen LogP) is 4.12. The lowest BCUT2D eigenvalue weighted by atomic mass is 10.0. The summed E-state index contributed by atoms with van der Waals surface area (Å²) in [7, 11) is 1.62. The van der Waals surface area contributed by atoms with Crippen molar-refractivity contribution in [2.75, 3.05) is 38.2 Å². The number of carbonyl (C=O) groups is 1. The molecule has 0 bridgehead atoms. The molecule has 0 atom stereocenters. The molecule has 4 nitrogen and oxygen atoms in total. The van der Waals surface area contributed by atoms with Gasteiger partial charge in [0.2, 0.25) is 0 Å². The molecule has 27 heavy (non-hydrogen) atoms. The van der Waals surface area contributed by atoms with E-state index in [1.807, 2.05) is 41.3 Å². The Morgan fingerprint density at radius 2 is 1.59 bits per heavy atom. The lowest BCUT2D eigenvalue weighted by molar-refractivity contribution is 0.0743. The predicted molar refractivity (Wildman–Crippen MR) is 110 cm³/mol. The van der Waals surface area contributed by atoms with Gasteiger partial charge in [-0.15, -0.1) is 0 Å². The molecule has 4 heteroatoms. The molecule has 0 radical (unpaired) electrons. The Hall–Kier alpha value is -3.01. The third-order valence-electron chi connectivity index (χ3n) is 5.23. The van der Waals surface area contributed by atoms with E-state index in [2.05, 4.69) is 36.1 Å². The minimum atomic E-state index is 0.0431. The topological polar surface area (TPSA) is 32.8 Å². The van der Waals surface area contributed by atoms with E-state index in [0.29, 0.717) is 24.4 Å². The number of ether oxygens (including phenoxy) is 1. The fraction of sp³-hybridized carbons (Fsp3) is 0.261. The smallest absolute Gasteiger partial charge is 0.257 e. The number of hydrogen-bond donors (Lipinski definition) is 0. The number of benzene rings is 3. The molecule has 1 aliphatic rings. The molecule has 3 aromatic carbocycles. The summed E-state index contributed by atoms with van der Waals surface area (Å²) >= 11 is 0. The van der Waals surface area contributed by atoms with Crippen molar-refractivity contribution in [2.24, 2.45) is 0 Å². The largest absolute Gasteiger partial charge is 0.496 e. The van der Waals surface area contributed by atoms with Crippen LogP contribution in [0.3, 0.4) is 0 Å². The van der Waals surface area contributed by atoms with Crippen LogP contribution in [0, 0.1) is 6.92 Å². The molecule has 0 saturated carbocycles. The van der Waals surface area contributed by atoms with Gasteiger partial charge in [-0.3, -0.25) is 4.79 Å². The first-order chi connectivity index (χ1) is 13.2. The second kappa shape index (κ2) is 7.31. The minimum Gasteiger partial charge on any atom is -0.496 e. The number of piperazine rings is 1. The Morgan fingerprint density at radius 1 is 0.889 bits per heavy atom. The lowest BCUT2D eigenvalue weighted by Gasteiger charge is -2.36. The van der Waals surface area contributed by atoms with Crippen LogP contribution in [0.4, 0.5) is 5.69 Å². The van der Waals surface area contributed by atoms with E-state index in [1.165, 1.54) is 11.3 Å². The molecule has 0 spiro atoms. The van der Waals surface area contributed by atoms with Crippen LogP contribution in [0.25, 0.3) is 10.8 Å². The maximum Gasteiger partial charge on any atom is 0.257 e. The molecule has 0 aromatic heterocycles. The average Bonchev–Trinajstić information content (AvgIpc) is 2.72. The summed E-state index contributed by atoms with van der Waals surface area (Å²) < 4.78 is 5.51. The highest BCUT2D eigenvalue weighted by Gasteiger charge is 2.24. The molecule has 1 amide bonds. The highest BCUT2D eigenvalue weighted by atomic mass is 16.5. The summed E-state index contributed by atoms with van der Waals surface area (Å²) in [5, 5.41) is 2.13. The first-order valence-electron chi connectivity index (χ1n) is 9.33. The summed E-state index contributed by atoms with van der Waals surface area (Å²) in [6, 6.07) is 20.5. The van der Waals surface area contributed by atoms with E-state index < -0.39 is 0 Å². The number of rotatable bonds is 3. The third-order valence-corrected chi connectivity index (χ3v) is 5.23. The second-order valence-corrected chi connectivity index (χ2v) is 7.02. The van der Waals surface area contributed by atoms with Crippen molar-refractivity contribution in [1.82, 2.24) is 4.90 Å². The van der Waals surface area contributed by atoms with Crippen molar-refractivity contribution >= 4 is 22.4 Å². The maximum atomic E-state index is 13.1. The Kier molecular flexibility index (Phi) is 4.71. The van der Waals surface area contributed by atoms with Gasteiger partial charge < -0.3 is 14.5 Å². The number of fused-ring (bicyclic) bond motifs is 1. The van der Waals surface area contributed by atoms with Crippen LogP contribution in [0.1, 0.15) is 15.9 Å². The second-order valence-electron chi connectivity index (χ2n) is 7.02. The first kappa shape index (κ1) is 17.4. The van der Waals surface area contributed by atoms with Crippen LogP contribution < -0.4 is 9.64 Å². The SMILES string of the molecule is COc1cc2ccccc2cc1C(=O)N1CCN(c2cccc(C)c2)CC1. The van der Waals surface area contributed by atoms with Gasteiger partial charge in [0.05, 0.1) is 12.7 Å². The fourth-order valence-corrected chi connectivity index (χ4v) is 3.72. The van der Waals surface area contributed by atoms with Gasteiger partial charge in [-0.25, -0.2) is 0 Å². The summed E-state index contributed by atoms with van der Waals surface area (Å²) in [6.45, 7) is 5.21. The number of nitrogens with zero attached hydrogens (tertiary/aromatic N) is 2. The highest BCUT2D eigenvalue weighted by Crippen LogP contribution is 2.28. The Bertz CT molecular complexity index is 975. The molecule has 3 aromatic rings. The van der Waals surface area contributed by atoms with Crippen molar-refractivity contribution in [3.05, 3.63) is 71.8 Å². The molecule has 1 fully saturated rings. The number of anilines is 1. The van der Waals surface area contributed by atoms with Crippen LogP contribution in [-0.4, -0.2) is 44.1 Å². The van der Waals surface area contributed by atoms with E-state index in [0.717, 1.165) is 23.9 Å². The fourth-order valence-electron chi connectivity index (χ4n) is 3.72. The molecular formula is C23H24N2O2. The van der Waals surface area contributed by atoms with Crippen molar-refractivity contribution in [2.45, 2.75) is 6.92 Å². The molecular weight excluding hydrogens is 336 g/mol. The number of amides is 1. The van der Waals surface area contributed by atoms with Gasteiger partial charge >= 0.3 is 0 Å². The number of carbonyl (C=O) groups excluding carboxylic acids is 1. The van der Waals surface area contributed by atoms with Crippen LogP contribution >= 0.6 is 0 Å². The zero-order valence-corrected chi connectivity index (χ0v) is 15.8. The molecule has 0 aliphatic carbocycles. The van der Waals surface area contributed by atoms with Gasteiger partial charge in [-0.05, 0) is 47.5 Å². The maximum absolute atomic E-state index is 13.1. The first-order valence-corrected chi connectivity index (χ1v) is 9.33. The highest BCUT2D eigenvalue weighted by molar-refractivity contribution is 6.01. The van der Waals surface area contributed by atoms with E-state index in [4.69, 9.17) is 4.74 Å². The zero-order chi connectivity index (χ0) is 18.8. The van der Waals surface area contributed by atoms with Crippen LogP contribution in [0.2, 0.25) is 0 Å². The minimum absolute atomic E-state index is 0.0431. The van der Waals surface area contributed by atoms with Crippen molar-refractivity contribution in [3.63, 3.8) is 0 Å². The van der Waals surface area contributed by atoms with Crippen molar-refractivity contribution < 1.29 is 9.53 Å². The Morgan fingerprint density at radius 3 is 2.26 bits per heavy atom. The van der Waals surface area contributed by atoms with Crippen LogP contribution in [-0.2, 0) is 0 Å². The number of aryl methyl sites for hydroxylation is 1. The zero-order valence-electron chi connectivity index (χ0n) is 15.8. The van der Waals surface area contributed by atoms with E-state index in [9.17, 15) is 4.79 Å². The van der Waals surface area contributed by atoms with Gasteiger partial charge in [-0.2, -0.15) is 0 Å². The van der Waals surface area contributed by atoms with E-state index in [1.54, 1.807) is 7.11 Å². The lowest BCUT2D eigenvalue weighted by Crippen LogP contribution is -2.48.